The molecule has 0 spiro atoms. The number of carbonyl (C=O) groups is 1. The first-order valence-electron chi connectivity index (χ1n) is 4.43. The van der Waals surface area contributed by atoms with E-state index in [0.717, 1.165) is 0 Å². The first kappa shape index (κ1) is 11.0. The number of hydrogen-bond acceptors (Lipinski definition) is 4. The number of nitrogens with one attached hydrogen (secondary N) is 1. The van der Waals surface area contributed by atoms with Crippen molar-refractivity contribution in [2.75, 3.05) is 12.3 Å². The Hall–Kier alpha value is -1.07. The summed E-state index contributed by atoms with van der Waals surface area (Å²) in [6.07, 6.45) is 0.702. The molecule has 0 bridgehead atoms. The summed E-state index contributed by atoms with van der Waals surface area (Å²) in [7, 11) is 0. The molecule has 5 heteroatoms. The van der Waals surface area contributed by atoms with E-state index in [2.05, 4.69) is 5.32 Å². The molecule has 1 aromatic heterocycles. The van der Waals surface area contributed by atoms with Crippen LogP contribution in [0.2, 0.25) is 0 Å². The van der Waals surface area contributed by atoms with Crippen molar-refractivity contribution in [3.8, 4) is 0 Å². The first-order valence-corrected chi connectivity index (χ1v) is 5.31. The largest absolute Gasteiger partial charge is 0.397 e. The number of hydrogen-bond donors (Lipinski definition) is 3. The van der Waals surface area contributed by atoms with Crippen LogP contribution in [0.1, 0.15) is 23.0 Å². The maximum absolute atomic E-state index is 11.6. The summed E-state index contributed by atoms with van der Waals surface area (Å²) < 4.78 is 0. The lowest BCUT2D eigenvalue weighted by Gasteiger charge is -2.13. The maximum Gasteiger partial charge on any atom is 0.263 e. The lowest BCUT2D eigenvalue weighted by atomic mass is 10.2. The molecule has 0 saturated heterocycles. The minimum atomic E-state index is -0.210. The quantitative estimate of drug-likeness (QED) is 0.695. The molecule has 0 aliphatic rings. The lowest BCUT2D eigenvalue weighted by molar-refractivity contribution is 0.0920. The van der Waals surface area contributed by atoms with Gasteiger partial charge in [-0.2, -0.15) is 0 Å². The van der Waals surface area contributed by atoms with Crippen molar-refractivity contribution in [3.05, 3.63) is 16.3 Å². The van der Waals surface area contributed by atoms with Gasteiger partial charge in [0.05, 0.1) is 18.3 Å². The molecule has 0 aromatic carbocycles. The van der Waals surface area contributed by atoms with Crippen LogP contribution in [0.4, 0.5) is 5.69 Å². The summed E-state index contributed by atoms with van der Waals surface area (Å²) in [5.41, 5.74) is 6.07. The molecule has 0 radical (unpaired) electrons. The normalized spacial score (nSPS) is 12.4. The highest BCUT2D eigenvalue weighted by Gasteiger charge is 2.14. The van der Waals surface area contributed by atoms with E-state index in [-0.39, 0.29) is 18.6 Å². The van der Waals surface area contributed by atoms with Crippen molar-refractivity contribution in [1.82, 2.24) is 5.32 Å². The Morgan fingerprint density at radius 2 is 2.50 bits per heavy atom. The van der Waals surface area contributed by atoms with E-state index in [1.807, 2.05) is 6.92 Å². The Balaban J connectivity index is 2.63. The topological polar surface area (TPSA) is 75.3 Å². The molecular weight excluding hydrogens is 200 g/mol. The number of carbonyl (C=O) groups excluding carboxylic acids is 1. The molecule has 0 aliphatic carbocycles. The van der Waals surface area contributed by atoms with Crippen LogP contribution >= 0.6 is 11.3 Å². The maximum atomic E-state index is 11.6. The minimum Gasteiger partial charge on any atom is -0.397 e. The van der Waals surface area contributed by atoms with Crippen molar-refractivity contribution in [2.45, 2.75) is 19.4 Å². The van der Waals surface area contributed by atoms with E-state index >= 15 is 0 Å². The van der Waals surface area contributed by atoms with Gasteiger partial charge < -0.3 is 16.2 Å². The Labute approximate surface area is 86.7 Å². The zero-order valence-electron chi connectivity index (χ0n) is 7.99. The summed E-state index contributed by atoms with van der Waals surface area (Å²) in [5, 5.41) is 13.4. The highest BCUT2D eigenvalue weighted by Crippen LogP contribution is 2.18. The zero-order chi connectivity index (χ0) is 10.6. The molecule has 4 nitrogen and oxygen atoms in total. The van der Waals surface area contributed by atoms with E-state index in [1.165, 1.54) is 11.3 Å². The Bertz CT molecular complexity index is 308. The second-order valence-corrected chi connectivity index (χ2v) is 3.88. The van der Waals surface area contributed by atoms with E-state index in [4.69, 9.17) is 10.8 Å². The molecule has 0 saturated carbocycles. The number of thiophene rings is 1. The van der Waals surface area contributed by atoms with E-state index in [9.17, 15) is 4.79 Å². The summed E-state index contributed by atoms with van der Waals surface area (Å²) in [6.45, 7) is 1.85. The van der Waals surface area contributed by atoms with Gasteiger partial charge in [-0.1, -0.05) is 6.92 Å². The number of anilines is 1. The highest BCUT2D eigenvalue weighted by atomic mass is 32.1. The number of aliphatic hydroxyl groups is 1. The molecule has 1 atom stereocenters. The monoisotopic (exact) mass is 214 g/mol. The van der Waals surface area contributed by atoms with Gasteiger partial charge in [-0.3, -0.25) is 4.79 Å². The summed E-state index contributed by atoms with van der Waals surface area (Å²) in [5.74, 6) is -0.210. The van der Waals surface area contributed by atoms with Gasteiger partial charge >= 0.3 is 0 Å². The van der Waals surface area contributed by atoms with Gasteiger partial charge in [0, 0.05) is 0 Å². The van der Waals surface area contributed by atoms with Gasteiger partial charge in [-0.15, -0.1) is 11.3 Å². The number of nitrogen functional groups attached to an aromatic ring is 1. The van der Waals surface area contributed by atoms with Crippen molar-refractivity contribution in [2.24, 2.45) is 0 Å². The summed E-state index contributed by atoms with van der Waals surface area (Å²) in [4.78, 5) is 12.1. The molecule has 1 unspecified atom stereocenters. The van der Waals surface area contributed by atoms with Gasteiger partial charge in [0.2, 0.25) is 0 Å². The smallest absolute Gasteiger partial charge is 0.263 e. The van der Waals surface area contributed by atoms with Gasteiger partial charge in [-0.25, -0.2) is 0 Å². The van der Waals surface area contributed by atoms with Gasteiger partial charge in [0.15, 0.2) is 0 Å². The van der Waals surface area contributed by atoms with Gasteiger partial charge in [-0.05, 0) is 17.9 Å². The van der Waals surface area contributed by atoms with E-state index < -0.39 is 0 Å². The third-order valence-electron chi connectivity index (χ3n) is 1.95. The Kier molecular flexibility index (Phi) is 3.91. The van der Waals surface area contributed by atoms with E-state index in [1.54, 1.807) is 11.4 Å². The predicted molar refractivity (Wildman–Crippen MR) is 57.4 cm³/mol. The third-order valence-corrected chi connectivity index (χ3v) is 2.88. The molecule has 1 aromatic rings. The molecule has 1 amide bonds. The third kappa shape index (κ3) is 2.46. The van der Waals surface area contributed by atoms with Crippen molar-refractivity contribution < 1.29 is 9.90 Å². The Morgan fingerprint density at radius 3 is 2.93 bits per heavy atom. The molecular formula is C9H14N2O2S. The van der Waals surface area contributed by atoms with Crippen LogP contribution in [-0.4, -0.2) is 23.7 Å². The highest BCUT2D eigenvalue weighted by molar-refractivity contribution is 7.12. The van der Waals surface area contributed by atoms with Gasteiger partial charge in [0.1, 0.15) is 4.88 Å². The van der Waals surface area contributed by atoms with Crippen molar-refractivity contribution >= 4 is 22.9 Å². The fourth-order valence-electron chi connectivity index (χ4n) is 1.03. The van der Waals surface area contributed by atoms with Crippen LogP contribution in [0, 0.1) is 0 Å². The van der Waals surface area contributed by atoms with Crippen LogP contribution in [0.3, 0.4) is 0 Å². The molecule has 0 fully saturated rings. The zero-order valence-corrected chi connectivity index (χ0v) is 8.80. The number of rotatable bonds is 4. The van der Waals surface area contributed by atoms with Crippen LogP contribution < -0.4 is 11.1 Å². The van der Waals surface area contributed by atoms with Crippen LogP contribution in [0.25, 0.3) is 0 Å². The number of amides is 1. The second-order valence-electron chi connectivity index (χ2n) is 2.97. The predicted octanol–water partition coefficient (Wildman–Crippen LogP) is 0.831. The van der Waals surface area contributed by atoms with Crippen molar-refractivity contribution in [3.63, 3.8) is 0 Å². The van der Waals surface area contributed by atoms with Gasteiger partial charge in [0.25, 0.3) is 5.91 Å². The second kappa shape index (κ2) is 4.97. The molecule has 0 aliphatic heterocycles. The lowest BCUT2D eigenvalue weighted by Crippen LogP contribution is -2.36. The molecule has 78 valence electrons. The Morgan fingerprint density at radius 1 is 1.79 bits per heavy atom. The average Bonchev–Trinajstić information content (AvgIpc) is 2.60. The van der Waals surface area contributed by atoms with Crippen LogP contribution in [-0.2, 0) is 0 Å². The van der Waals surface area contributed by atoms with E-state index in [0.29, 0.717) is 17.0 Å². The fourth-order valence-corrected chi connectivity index (χ4v) is 1.75. The standard InChI is InChI=1S/C9H14N2O2S/c1-2-6(5-12)11-9(13)8-7(10)3-4-14-8/h3-4,6,12H,2,5,10H2,1H3,(H,11,13). The number of nitrogens with two attached hydrogens (primary N) is 1. The molecule has 1 heterocycles. The first-order chi connectivity index (χ1) is 6.69. The summed E-state index contributed by atoms with van der Waals surface area (Å²) >= 11 is 1.30. The fraction of sp³-hybridized carbons (Fsp3) is 0.444. The molecule has 14 heavy (non-hydrogen) atoms. The molecule has 4 N–H and O–H groups in total. The minimum absolute atomic E-state index is 0.0481. The number of aliphatic hydroxyl groups excluding tert-OH is 1. The SMILES string of the molecule is CCC(CO)NC(=O)c1sccc1N. The summed E-state index contributed by atoms with van der Waals surface area (Å²) in [6, 6.07) is 1.50. The van der Waals surface area contributed by atoms with Crippen LogP contribution in [0.15, 0.2) is 11.4 Å². The molecule has 1 rings (SSSR count). The van der Waals surface area contributed by atoms with Crippen molar-refractivity contribution in [1.29, 1.82) is 0 Å². The van der Waals surface area contributed by atoms with Crippen LogP contribution in [0.5, 0.6) is 0 Å². The average molecular weight is 214 g/mol.